The van der Waals surface area contributed by atoms with E-state index in [4.69, 9.17) is 23.2 Å². The van der Waals surface area contributed by atoms with Crippen molar-refractivity contribution < 1.29 is 27.9 Å². The fourth-order valence-electron chi connectivity index (χ4n) is 3.73. The van der Waals surface area contributed by atoms with E-state index in [2.05, 4.69) is 5.32 Å². The van der Waals surface area contributed by atoms with Crippen LogP contribution in [-0.2, 0) is 9.59 Å². The van der Waals surface area contributed by atoms with Crippen LogP contribution in [0.2, 0.25) is 10.0 Å². The fraction of sp³-hybridized carbons (Fsp3) is 0.304. The van der Waals surface area contributed by atoms with E-state index in [0.717, 1.165) is 6.29 Å². The highest BCUT2D eigenvalue weighted by atomic mass is 35.5. The molecule has 0 radical (unpaired) electrons. The number of halogens is 5. The molecule has 2 aromatic carbocycles. The van der Waals surface area contributed by atoms with Gasteiger partial charge in [-0.05, 0) is 47.7 Å². The molecule has 1 aliphatic rings. The number of aromatic hydroxyl groups is 1. The first kappa shape index (κ1) is 24.9. The summed E-state index contributed by atoms with van der Waals surface area (Å²) in [5.74, 6) is -2.47. The first-order valence-corrected chi connectivity index (χ1v) is 10.7. The molecule has 0 aliphatic carbocycles. The van der Waals surface area contributed by atoms with Gasteiger partial charge in [0.1, 0.15) is 17.7 Å². The summed E-state index contributed by atoms with van der Waals surface area (Å²) in [5.41, 5.74) is -0.160. The van der Waals surface area contributed by atoms with E-state index >= 15 is 0 Å². The minimum absolute atomic E-state index is 0.0594. The number of alkyl halides is 3. The molecule has 0 aromatic heterocycles. The second-order valence-corrected chi connectivity index (χ2v) is 9.33. The first-order valence-electron chi connectivity index (χ1n) is 9.93. The molecule has 0 spiro atoms. The van der Waals surface area contributed by atoms with Crippen LogP contribution in [0, 0.1) is 5.41 Å². The third kappa shape index (κ3) is 5.45. The quantitative estimate of drug-likeness (QED) is 0.356. The van der Waals surface area contributed by atoms with Crippen molar-refractivity contribution in [1.82, 2.24) is 0 Å². The number of phenols is 1. The summed E-state index contributed by atoms with van der Waals surface area (Å²) in [7, 11) is 0. The minimum Gasteiger partial charge on any atom is -0.506 e. The van der Waals surface area contributed by atoms with Gasteiger partial charge >= 0.3 is 12.1 Å². The minimum atomic E-state index is -5.20. The Kier molecular flexibility index (Phi) is 7.00. The van der Waals surface area contributed by atoms with E-state index in [9.17, 15) is 27.9 Å². The second-order valence-electron chi connectivity index (χ2n) is 8.48. The van der Waals surface area contributed by atoms with E-state index in [1.54, 1.807) is 0 Å². The lowest BCUT2D eigenvalue weighted by molar-refractivity contribution is -0.170. The molecule has 0 bridgehead atoms. The van der Waals surface area contributed by atoms with E-state index < -0.39 is 23.5 Å². The number of nitrogens with one attached hydrogen (secondary N) is 1. The maximum atomic E-state index is 13.7. The molecule has 0 saturated carbocycles. The van der Waals surface area contributed by atoms with Crippen LogP contribution in [0.3, 0.4) is 0 Å². The maximum Gasteiger partial charge on any atom is 0.471 e. The molecular formula is C23H21Cl2F3N2O3. The van der Waals surface area contributed by atoms with Gasteiger partial charge in [0.05, 0.1) is 11.7 Å². The molecule has 10 heteroatoms. The van der Waals surface area contributed by atoms with Crippen LogP contribution in [0.1, 0.15) is 38.3 Å². The second kappa shape index (κ2) is 9.27. The Bertz CT molecular complexity index is 1120. The lowest BCUT2D eigenvalue weighted by Crippen LogP contribution is -2.43. The number of nitrogens with zero attached hydrogens (tertiary/aromatic N) is 1. The molecule has 2 aromatic rings. The lowest BCUT2D eigenvalue weighted by Gasteiger charge is -2.31. The number of hydrogen-bond donors (Lipinski definition) is 2. The van der Waals surface area contributed by atoms with Gasteiger partial charge < -0.3 is 15.2 Å². The molecule has 33 heavy (non-hydrogen) atoms. The Morgan fingerprint density at radius 1 is 1.21 bits per heavy atom. The molecule has 1 unspecified atom stereocenters. The molecule has 3 rings (SSSR count). The maximum absolute atomic E-state index is 13.7. The van der Waals surface area contributed by atoms with Crippen molar-refractivity contribution >= 4 is 46.8 Å². The van der Waals surface area contributed by atoms with E-state index in [-0.39, 0.29) is 45.6 Å². The van der Waals surface area contributed by atoms with Crippen molar-refractivity contribution in [3.63, 3.8) is 0 Å². The summed E-state index contributed by atoms with van der Waals surface area (Å²) in [6, 6.07) is 6.95. The van der Waals surface area contributed by atoms with Crippen LogP contribution in [0.4, 0.5) is 24.5 Å². The van der Waals surface area contributed by atoms with Gasteiger partial charge in [-0.1, -0.05) is 49.2 Å². The van der Waals surface area contributed by atoms with Crippen LogP contribution in [0.15, 0.2) is 48.2 Å². The Hall–Kier alpha value is -2.71. The number of phenolic OH excluding ortho intramolecular Hbond substituents is 1. The molecule has 1 amide bonds. The molecule has 0 saturated heterocycles. The summed E-state index contributed by atoms with van der Waals surface area (Å²) in [4.78, 5) is 24.3. The predicted molar refractivity (Wildman–Crippen MR) is 122 cm³/mol. The molecule has 1 aliphatic heterocycles. The van der Waals surface area contributed by atoms with Crippen LogP contribution < -0.4 is 10.2 Å². The third-order valence-corrected chi connectivity index (χ3v) is 5.81. The third-order valence-electron chi connectivity index (χ3n) is 5.25. The number of fused-ring (bicyclic) bond motifs is 1. The number of amides is 1. The molecule has 1 atom stereocenters. The number of para-hydroxylation sites is 1. The number of rotatable bonds is 5. The Morgan fingerprint density at radius 3 is 2.52 bits per heavy atom. The van der Waals surface area contributed by atoms with Gasteiger partial charge in [-0.25, -0.2) is 0 Å². The van der Waals surface area contributed by atoms with Crippen molar-refractivity contribution in [2.45, 2.75) is 38.9 Å². The van der Waals surface area contributed by atoms with Gasteiger partial charge in [-0.15, -0.1) is 0 Å². The lowest BCUT2D eigenvalue weighted by atomic mass is 9.84. The van der Waals surface area contributed by atoms with Crippen molar-refractivity contribution in [1.29, 1.82) is 0 Å². The summed E-state index contributed by atoms with van der Waals surface area (Å²) >= 11 is 12.3. The largest absolute Gasteiger partial charge is 0.506 e. The Balaban J connectivity index is 2.29. The highest BCUT2D eigenvalue weighted by molar-refractivity contribution is 6.35. The van der Waals surface area contributed by atoms with Crippen LogP contribution in [-0.4, -0.2) is 23.5 Å². The van der Waals surface area contributed by atoms with Gasteiger partial charge in [0.25, 0.3) is 0 Å². The summed E-state index contributed by atoms with van der Waals surface area (Å²) < 4.78 is 41.1. The van der Waals surface area contributed by atoms with Gasteiger partial charge in [0.15, 0.2) is 0 Å². The van der Waals surface area contributed by atoms with Crippen molar-refractivity contribution in [3.05, 3.63) is 63.8 Å². The zero-order chi connectivity index (χ0) is 24.6. The molecule has 5 nitrogen and oxygen atoms in total. The fourth-order valence-corrected chi connectivity index (χ4v) is 4.25. The van der Waals surface area contributed by atoms with Gasteiger partial charge in [0.2, 0.25) is 0 Å². The van der Waals surface area contributed by atoms with Gasteiger partial charge in [-0.2, -0.15) is 13.2 Å². The predicted octanol–water partition coefficient (Wildman–Crippen LogP) is 6.65. The zero-order valence-corrected chi connectivity index (χ0v) is 19.2. The van der Waals surface area contributed by atoms with Crippen LogP contribution in [0.25, 0.3) is 0 Å². The molecule has 0 fully saturated rings. The molecule has 176 valence electrons. The first-order chi connectivity index (χ1) is 15.3. The number of carbonyl (C=O) groups is 2. The number of anilines is 2. The number of carbonyl (C=O) groups excluding carboxylic acids is 2. The van der Waals surface area contributed by atoms with Crippen molar-refractivity contribution in [3.8, 4) is 5.75 Å². The summed E-state index contributed by atoms with van der Waals surface area (Å²) in [5, 5.41) is 13.8. The Labute approximate surface area is 198 Å². The SMILES string of the molecule is CC(C)(CC=O)CC1=CC(c2ccc(Cl)cc2Cl)N(C(=O)C(F)(F)F)c2cccc(O)c2N1. The van der Waals surface area contributed by atoms with E-state index in [1.807, 2.05) is 13.8 Å². The summed E-state index contributed by atoms with van der Waals surface area (Å²) in [6.45, 7) is 3.65. The number of aldehydes is 1. The van der Waals surface area contributed by atoms with E-state index in [0.29, 0.717) is 10.6 Å². The number of allylic oxidation sites excluding steroid dienone is 1. The Morgan fingerprint density at radius 2 is 1.91 bits per heavy atom. The van der Waals surface area contributed by atoms with Crippen molar-refractivity contribution in [2.75, 3.05) is 10.2 Å². The van der Waals surface area contributed by atoms with Crippen molar-refractivity contribution in [2.24, 2.45) is 5.41 Å². The van der Waals surface area contributed by atoms with E-state index in [1.165, 1.54) is 42.5 Å². The number of hydrogen-bond acceptors (Lipinski definition) is 4. The topological polar surface area (TPSA) is 69.6 Å². The van der Waals surface area contributed by atoms with Crippen LogP contribution >= 0.6 is 23.2 Å². The molecular weight excluding hydrogens is 480 g/mol. The highest BCUT2D eigenvalue weighted by Gasteiger charge is 2.47. The van der Waals surface area contributed by atoms with Crippen LogP contribution in [0.5, 0.6) is 5.75 Å². The smallest absolute Gasteiger partial charge is 0.471 e. The molecule has 1 heterocycles. The standard InChI is InChI=1S/C23H21Cl2F3N2O3/c1-22(2,8-9-31)12-14-11-18(15-7-6-13(24)10-16(15)25)30(21(33)23(26,27)28)17-4-3-5-19(32)20(17)29-14/h3-7,9-11,18,29,32H,8,12H2,1-2H3. The average Bonchev–Trinajstić information content (AvgIpc) is 2.83. The monoisotopic (exact) mass is 500 g/mol. The number of benzene rings is 2. The zero-order valence-electron chi connectivity index (χ0n) is 17.7. The summed E-state index contributed by atoms with van der Waals surface area (Å²) in [6.07, 6.45) is -2.55. The normalized spacial score (nSPS) is 16.4. The van der Waals surface area contributed by atoms with Gasteiger partial charge in [-0.3, -0.25) is 9.69 Å². The highest BCUT2D eigenvalue weighted by Crippen LogP contribution is 2.46. The average molecular weight is 501 g/mol. The van der Waals surface area contributed by atoms with Gasteiger partial charge in [0, 0.05) is 22.2 Å². The molecule has 2 N–H and O–H groups in total.